The van der Waals surface area contributed by atoms with Gasteiger partial charge in [-0.2, -0.15) is 0 Å². The van der Waals surface area contributed by atoms with E-state index in [1.54, 1.807) is 24.5 Å². The molecule has 0 aromatic carbocycles. The number of H-pyrrole nitrogens is 1. The van der Waals surface area contributed by atoms with Crippen LogP contribution in [0.15, 0.2) is 34.1 Å². The van der Waals surface area contributed by atoms with Crippen molar-refractivity contribution in [2.75, 3.05) is 0 Å². The molecule has 64 valence electrons. The highest BCUT2D eigenvalue weighted by molar-refractivity contribution is 5.77. The van der Waals surface area contributed by atoms with Crippen molar-refractivity contribution in [2.45, 2.75) is 0 Å². The van der Waals surface area contributed by atoms with Crippen LogP contribution in [0, 0.1) is 0 Å². The van der Waals surface area contributed by atoms with E-state index in [1.165, 1.54) is 8.80 Å². The summed E-state index contributed by atoms with van der Waals surface area (Å²) >= 11 is 0. The Morgan fingerprint density at radius 2 is 1.54 bits per heavy atom. The average molecular weight is 175 g/mol. The summed E-state index contributed by atoms with van der Waals surface area (Å²) in [5, 5.41) is 0.892. The van der Waals surface area contributed by atoms with Crippen molar-refractivity contribution < 1.29 is 0 Å². The molecule has 0 atom stereocenters. The summed E-state index contributed by atoms with van der Waals surface area (Å²) < 4.78 is 2.83. The average Bonchev–Trinajstić information content (AvgIpc) is 2.60. The first-order valence-corrected chi connectivity index (χ1v) is 3.81. The molecule has 0 aliphatic heterocycles. The smallest absolute Gasteiger partial charge is 0.258 e. The fourth-order valence-electron chi connectivity index (χ4n) is 1.59. The molecule has 13 heavy (non-hydrogen) atoms. The van der Waals surface area contributed by atoms with Crippen molar-refractivity contribution in [1.29, 1.82) is 0 Å². The Labute approximate surface area is 71.2 Å². The lowest BCUT2D eigenvalue weighted by molar-refractivity contribution is 0.872. The van der Waals surface area contributed by atoms with Gasteiger partial charge in [0.1, 0.15) is 5.65 Å². The van der Waals surface area contributed by atoms with Crippen molar-refractivity contribution >= 4 is 11.0 Å². The van der Waals surface area contributed by atoms with E-state index in [-0.39, 0.29) is 0 Å². The molecule has 3 aromatic rings. The van der Waals surface area contributed by atoms with Crippen molar-refractivity contribution in [3.63, 3.8) is 0 Å². The second kappa shape index (κ2) is 1.82. The Balaban J connectivity index is 2.92. The first-order chi connectivity index (χ1) is 6.27. The number of hydrogen-bond donors (Lipinski definition) is 1. The summed E-state index contributed by atoms with van der Waals surface area (Å²) in [6.07, 6.45) is 3.28. The quantitative estimate of drug-likeness (QED) is 0.509. The first-order valence-electron chi connectivity index (χ1n) is 3.81. The molecule has 0 saturated heterocycles. The van der Waals surface area contributed by atoms with E-state index in [4.69, 9.17) is 0 Å². The van der Waals surface area contributed by atoms with Crippen LogP contribution < -0.4 is 11.4 Å². The Morgan fingerprint density at radius 1 is 1.00 bits per heavy atom. The fourth-order valence-corrected chi connectivity index (χ4v) is 1.59. The predicted molar refractivity (Wildman–Crippen MR) is 46.4 cm³/mol. The van der Waals surface area contributed by atoms with Gasteiger partial charge in [-0.15, -0.1) is 0 Å². The molecule has 0 unspecified atom stereocenters. The molecule has 0 fully saturated rings. The Hall–Kier alpha value is -2.04. The van der Waals surface area contributed by atoms with Gasteiger partial charge in [0.2, 0.25) is 0 Å². The molecule has 0 amide bonds. The number of rotatable bonds is 0. The van der Waals surface area contributed by atoms with Gasteiger partial charge in [-0.3, -0.25) is 13.8 Å². The third-order valence-corrected chi connectivity index (χ3v) is 2.17. The second-order valence-corrected chi connectivity index (χ2v) is 2.89. The maximum atomic E-state index is 11.3. The van der Waals surface area contributed by atoms with E-state index in [1.807, 2.05) is 0 Å². The van der Waals surface area contributed by atoms with Gasteiger partial charge in [-0.05, 0) is 12.1 Å². The van der Waals surface area contributed by atoms with Gasteiger partial charge < -0.3 is 0 Å². The molecule has 1 N–H and O–H groups in total. The number of nitrogens with zero attached hydrogens (tertiary/aromatic N) is 2. The minimum atomic E-state index is -0.397. The maximum absolute atomic E-state index is 11.3. The molecule has 3 aromatic heterocycles. The van der Waals surface area contributed by atoms with E-state index < -0.39 is 11.4 Å². The molecule has 3 rings (SSSR count). The molecule has 0 bridgehead atoms. The van der Waals surface area contributed by atoms with Crippen molar-refractivity contribution in [3.05, 3.63) is 45.5 Å². The number of nitrogens with one attached hydrogen (secondary N) is 1. The summed E-state index contributed by atoms with van der Waals surface area (Å²) in [5.41, 5.74) is -0.161. The third kappa shape index (κ3) is 0.618. The SMILES string of the molecule is O=c1[nH]c(=O)n2ccc3ccn1c32. The van der Waals surface area contributed by atoms with Crippen LogP contribution in [0.1, 0.15) is 0 Å². The molecule has 0 spiro atoms. The predicted octanol–water partition coefficient (Wildman–Crippen LogP) is -0.322. The summed E-state index contributed by atoms with van der Waals surface area (Å²) in [5.74, 6) is 0. The Morgan fingerprint density at radius 3 is 2.08 bits per heavy atom. The van der Waals surface area contributed by atoms with Crippen molar-refractivity contribution in [3.8, 4) is 0 Å². The largest absolute Gasteiger partial charge is 0.335 e. The number of hydrogen-bond acceptors (Lipinski definition) is 2. The van der Waals surface area contributed by atoms with E-state index >= 15 is 0 Å². The molecular weight excluding hydrogens is 170 g/mol. The van der Waals surface area contributed by atoms with E-state index in [9.17, 15) is 9.59 Å². The summed E-state index contributed by atoms with van der Waals surface area (Å²) in [4.78, 5) is 24.7. The van der Waals surface area contributed by atoms with Crippen LogP contribution in [0.2, 0.25) is 0 Å². The van der Waals surface area contributed by atoms with Crippen LogP contribution in [-0.4, -0.2) is 13.8 Å². The van der Waals surface area contributed by atoms with Crippen LogP contribution in [0.5, 0.6) is 0 Å². The minimum Gasteiger partial charge on any atom is -0.258 e. The molecule has 0 aliphatic carbocycles. The van der Waals surface area contributed by atoms with Gasteiger partial charge in [0.15, 0.2) is 0 Å². The van der Waals surface area contributed by atoms with Crippen molar-refractivity contribution in [1.82, 2.24) is 13.8 Å². The monoisotopic (exact) mass is 175 g/mol. The maximum Gasteiger partial charge on any atom is 0.335 e. The van der Waals surface area contributed by atoms with Gasteiger partial charge in [-0.25, -0.2) is 9.59 Å². The lowest BCUT2D eigenvalue weighted by Gasteiger charge is -1.93. The van der Waals surface area contributed by atoms with Gasteiger partial charge in [0.25, 0.3) is 0 Å². The summed E-state index contributed by atoms with van der Waals surface area (Å²) in [6.45, 7) is 0. The topological polar surface area (TPSA) is 58.8 Å². The lowest BCUT2D eigenvalue weighted by atomic mass is 10.4. The molecule has 5 nitrogen and oxygen atoms in total. The minimum absolute atomic E-state index is 0.397. The Bertz CT molecular complexity index is 633. The van der Waals surface area contributed by atoms with E-state index in [0.717, 1.165) is 5.39 Å². The lowest BCUT2D eigenvalue weighted by Crippen LogP contribution is -2.29. The molecule has 0 aliphatic rings. The van der Waals surface area contributed by atoms with Crippen LogP contribution in [-0.2, 0) is 0 Å². The molecule has 0 saturated carbocycles. The second-order valence-electron chi connectivity index (χ2n) is 2.89. The van der Waals surface area contributed by atoms with Crippen LogP contribution >= 0.6 is 0 Å². The zero-order valence-corrected chi connectivity index (χ0v) is 6.52. The van der Waals surface area contributed by atoms with Crippen LogP contribution in [0.4, 0.5) is 0 Å². The highest BCUT2D eigenvalue weighted by Crippen LogP contribution is 2.11. The van der Waals surface area contributed by atoms with Crippen molar-refractivity contribution in [2.24, 2.45) is 0 Å². The normalized spacial score (nSPS) is 11.7. The summed E-state index contributed by atoms with van der Waals surface area (Å²) in [6, 6.07) is 3.59. The number of aromatic amines is 1. The van der Waals surface area contributed by atoms with Gasteiger partial charge in [0.05, 0.1) is 0 Å². The zero-order valence-electron chi connectivity index (χ0n) is 6.52. The standard InChI is InChI=1S/C8H5N3O2/c12-7-9-8(13)11-4-2-5-1-3-10(7)6(5)11/h1-4H,(H,9,12,13). The highest BCUT2D eigenvalue weighted by atomic mass is 16.2. The van der Waals surface area contributed by atoms with E-state index in [0.29, 0.717) is 5.65 Å². The van der Waals surface area contributed by atoms with Gasteiger partial charge in [-0.1, -0.05) is 0 Å². The third-order valence-electron chi connectivity index (χ3n) is 2.17. The van der Waals surface area contributed by atoms with Crippen LogP contribution in [0.25, 0.3) is 11.0 Å². The highest BCUT2D eigenvalue weighted by Gasteiger charge is 2.07. The van der Waals surface area contributed by atoms with E-state index in [2.05, 4.69) is 4.98 Å². The number of aromatic nitrogens is 3. The molecule has 0 radical (unpaired) electrons. The fraction of sp³-hybridized carbons (Fsp3) is 0. The van der Waals surface area contributed by atoms with Gasteiger partial charge in [0, 0.05) is 17.8 Å². The molecular formula is C8H5N3O2. The Kier molecular flexibility index (Phi) is 0.906. The summed E-state index contributed by atoms with van der Waals surface area (Å²) in [7, 11) is 0. The zero-order chi connectivity index (χ0) is 9.00. The molecule has 5 heteroatoms. The van der Waals surface area contributed by atoms with Crippen LogP contribution in [0.3, 0.4) is 0 Å². The van der Waals surface area contributed by atoms with Gasteiger partial charge >= 0.3 is 11.4 Å². The first kappa shape index (κ1) is 6.47. The molecule has 3 heterocycles.